The van der Waals surface area contributed by atoms with Gasteiger partial charge in [-0.1, -0.05) is 53.7 Å². The van der Waals surface area contributed by atoms with Crippen LogP contribution in [0.25, 0.3) is 0 Å². The van der Waals surface area contributed by atoms with Crippen LogP contribution in [0.1, 0.15) is 15.9 Å². The third kappa shape index (κ3) is 5.21. The maximum Gasteiger partial charge on any atom is 0.333 e. The molecule has 5 nitrogen and oxygen atoms in total. The predicted molar refractivity (Wildman–Crippen MR) is 104 cm³/mol. The normalized spacial score (nSPS) is 15.2. The number of Topliss-reactive ketones (excluding diaryl/α,β-unsaturated/α-hetero) is 1. The fourth-order valence-corrected chi connectivity index (χ4v) is 3.50. The van der Waals surface area contributed by atoms with Gasteiger partial charge in [0.2, 0.25) is 5.91 Å². The van der Waals surface area contributed by atoms with E-state index in [2.05, 4.69) is 0 Å². The molecular weight excluding hydrogens is 386 g/mol. The van der Waals surface area contributed by atoms with E-state index >= 15 is 0 Å². The third-order valence-corrected chi connectivity index (χ3v) is 5.12. The van der Waals surface area contributed by atoms with Gasteiger partial charge < -0.3 is 4.74 Å². The van der Waals surface area contributed by atoms with E-state index in [0.29, 0.717) is 15.6 Å². The monoisotopic (exact) mass is 401 g/mol. The summed E-state index contributed by atoms with van der Waals surface area (Å²) in [5.41, 5.74) is 1.32. The summed E-state index contributed by atoms with van der Waals surface area (Å²) in [5, 5.41) is 0.946. The number of rotatable bonds is 6. The highest BCUT2D eigenvalue weighted by Crippen LogP contribution is 2.29. The first-order valence-corrected chi connectivity index (χ1v) is 9.53. The average molecular weight is 402 g/mol. The molecule has 1 aliphatic rings. The largest absolute Gasteiger partial charge is 0.458 e. The Morgan fingerprint density at radius 2 is 1.81 bits per heavy atom. The van der Waals surface area contributed by atoms with Crippen LogP contribution in [0.15, 0.2) is 65.7 Å². The highest BCUT2D eigenvalue weighted by molar-refractivity contribution is 8.04. The van der Waals surface area contributed by atoms with Gasteiger partial charge >= 0.3 is 5.97 Å². The molecule has 0 atom stereocenters. The minimum absolute atomic E-state index is 0.134. The van der Waals surface area contributed by atoms with Gasteiger partial charge in [-0.25, -0.2) is 4.79 Å². The molecule has 1 amide bonds. The smallest absolute Gasteiger partial charge is 0.333 e. The molecule has 1 aliphatic heterocycles. The van der Waals surface area contributed by atoms with Crippen LogP contribution in [0, 0.1) is 0 Å². The Kier molecular flexibility index (Phi) is 6.32. The number of ketones is 1. The number of thioether (sulfide) groups is 1. The van der Waals surface area contributed by atoms with E-state index in [9.17, 15) is 14.4 Å². The molecule has 2 aromatic carbocycles. The number of carbonyl (C=O) groups excluding carboxylic acids is 3. The van der Waals surface area contributed by atoms with Gasteiger partial charge in [0.25, 0.3) is 0 Å². The summed E-state index contributed by atoms with van der Waals surface area (Å²) in [6.07, 6.45) is 1.26. The molecule has 0 aromatic heterocycles. The highest BCUT2D eigenvalue weighted by Gasteiger charge is 2.29. The lowest BCUT2D eigenvalue weighted by Crippen LogP contribution is -2.31. The third-order valence-electron chi connectivity index (χ3n) is 3.84. The molecule has 3 rings (SSSR count). The number of hydrogen-bond donors (Lipinski definition) is 0. The van der Waals surface area contributed by atoms with Crippen LogP contribution in [-0.4, -0.2) is 34.9 Å². The van der Waals surface area contributed by atoms with Gasteiger partial charge in [-0.2, -0.15) is 0 Å². The van der Waals surface area contributed by atoms with Crippen molar-refractivity contribution in [1.29, 1.82) is 0 Å². The first-order chi connectivity index (χ1) is 13.0. The number of benzene rings is 2. The summed E-state index contributed by atoms with van der Waals surface area (Å²) in [7, 11) is 0. The number of amides is 1. The van der Waals surface area contributed by atoms with Crippen LogP contribution in [0.3, 0.4) is 0 Å². The van der Waals surface area contributed by atoms with E-state index in [1.165, 1.54) is 22.7 Å². The molecule has 0 unspecified atom stereocenters. The van der Waals surface area contributed by atoms with Crippen molar-refractivity contribution < 1.29 is 19.1 Å². The number of carbonyl (C=O) groups is 3. The predicted octanol–water partition coefficient (Wildman–Crippen LogP) is 3.68. The molecule has 0 spiro atoms. The molecule has 2 aromatic rings. The fraction of sp³-hybridized carbons (Fsp3) is 0.150. The molecule has 0 N–H and O–H groups in total. The van der Waals surface area contributed by atoms with Crippen LogP contribution in [-0.2, 0) is 20.9 Å². The van der Waals surface area contributed by atoms with E-state index in [1.807, 2.05) is 30.3 Å². The van der Waals surface area contributed by atoms with E-state index < -0.39 is 5.97 Å². The van der Waals surface area contributed by atoms with Gasteiger partial charge in [-0.3, -0.25) is 14.5 Å². The van der Waals surface area contributed by atoms with Gasteiger partial charge in [0.15, 0.2) is 5.78 Å². The van der Waals surface area contributed by atoms with E-state index in [4.69, 9.17) is 16.3 Å². The Balaban J connectivity index is 1.64. The topological polar surface area (TPSA) is 63.7 Å². The van der Waals surface area contributed by atoms with Gasteiger partial charge in [-0.15, -0.1) is 0 Å². The summed E-state index contributed by atoms with van der Waals surface area (Å²) in [6.45, 7) is 0.0109. The van der Waals surface area contributed by atoms with Crippen LogP contribution in [0.2, 0.25) is 5.02 Å². The summed E-state index contributed by atoms with van der Waals surface area (Å²) < 4.78 is 5.21. The maximum absolute atomic E-state index is 12.4. The zero-order valence-corrected chi connectivity index (χ0v) is 15.8. The standard InChI is InChI=1S/C20H16ClNO4S/c21-16-8-6-15(7-9-16)17(23)11-22-18(24)13-27-19(22)10-20(25)26-12-14-4-2-1-3-5-14/h1-10H,11-13H2. The minimum Gasteiger partial charge on any atom is -0.458 e. The fourth-order valence-electron chi connectivity index (χ4n) is 2.44. The number of esters is 1. The molecule has 0 radical (unpaired) electrons. The highest BCUT2D eigenvalue weighted by atomic mass is 35.5. The summed E-state index contributed by atoms with van der Waals surface area (Å²) in [4.78, 5) is 37.9. The Morgan fingerprint density at radius 3 is 2.52 bits per heavy atom. The molecule has 1 heterocycles. The molecule has 27 heavy (non-hydrogen) atoms. The van der Waals surface area contributed by atoms with Crippen molar-refractivity contribution in [3.8, 4) is 0 Å². The maximum atomic E-state index is 12.4. The molecule has 0 aliphatic carbocycles. The number of halogens is 1. The first-order valence-electron chi connectivity index (χ1n) is 8.17. The van der Waals surface area contributed by atoms with Crippen LogP contribution >= 0.6 is 23.4 Å². The van der Waals surface area contributed by atoms with Gasteiger partial charge in [0, 0.05) is 10.6 Å². The lowest BCUT2D eigenvalue weighted by atomic mass is 10.1. The van der Waals surface area contributed by atoms with E-state index in [1.54, 1.807) is 24.3 Å². The minimum atomic E-state index is -0.556. The van der Waals surface area contributed by atoms with E-state index in [0.717, 1.165) is 5.56 Å². The second kappa shape index (κ2) is 8.88. The zero-order chi connectivity index (χ0) is 19.2. The Morgan fingerprint density at radius 1 is 1.11 bits per heavy atom. The van der Waals surface area contributed by atoms with Gasteiger partial charge in [0.1, 0.15) is 6.61 Å². The van der Waals surface area contributed by atoms with Gasteiger partial charge in [0.05, 0.1) is 23.4 Å². The number of ether oxygens (including phenoxy) is 1. The zero-order valence-electron chi connectivity index (χ0n) is 14.3. The first kappa shape index (κ1) is 19.2. The Hall–Kier alpha value is -2.57. The lowest BCUT2D eigenvalue weighted by Gasteiger charge is -2.16. The SMILES string of the molecule is O=C(C=C1SCC(=O)N1CC(=O)c1ccc(Cl)cc1)OCc1ccccc1. The lowest BCUT2D eigenvalue weighted by molar-refractivity contribution is -0.139. The van der Waals surface area contributed by atoms with Crippen molar-refractivity contribution in [3.63, 3.8) is 0 Å². The molecular formula is C20H16ClNO4S. The Labute approximate surface area is 165 Å². The molecule has 0 saturated carbocycles. The summed E-state index contributed by atoms with van der Waals surface area (Å²) >= 11 is 7.04. The van der Waals surface area contributed by atoms with Crippen LogP contribution in [0.4, 0.5) is 0 Å². The quantitative estimate of drug-likeness (QED) is 0.419. The van der Waals surface area contributed by atoms with Crippen molar-refractivity contribution in [1.82, 2.24) is 4.90 Å². The number of hydrogen-bond acceptors (Lipinski definition) is 5. The molecule has 0 bridgehead atoms. The average Bonchev–Trinajstić information content (AvgIpc) is 3.01. The molecule has 1 fully saturated rings. The van der Waals surface area contributed by atoms with Crippen LogP contribution < -0.4 is 0 Å². The summed E-state index contributed by atoms with van der Waals surface area (Å²) in [6, 6.07) is 15.8. The Bertz CT molecular complexity index is 881. The van der Waals surface area contributed by atoms with E-state index in [-0.39, 0.29) is 30.6 Å². The van der Waals surface area contributed by atoms with Crippen molar-refractivity contribution in [2.24, 2.45) is 0 Å². The van der Waals surface area contributed by atoms with Crippen molar-refractivity contribution in [3.05, 3.63) is 81.9 Å². The van der Waals surface area contributed by atoms with Crippen molar-refractivity contribution >= 4 is 41.0 Å². The molecule has 7 heteroatoms. The summed E-state index contributed by atoms with van der Waals surface area (Å²) in [5.74, 6) is -0.818. The van der Waals surface area contributed by atoms with Crippen molar-refractivity contribution in [2.75, 3.05) is 12.3 Å². The van der Waals surface area contributed by atoms with Gasteiger partial charge in [-0.05, 0) is 29.8 Å². The molecule has 1 saturated heterocycles. The van der Waals surface area contributed by atoms with Crippen LogP contribution in [0.5, 0.6) is 0 Å². The number of nitrogens with zero attached hydrogens (tertiary/aromatic N) is 1. The second-order valence-electron chi connectivity index (χ2n) is 5.77. The molecule has 138 valence electrons. The second-order valence-corrected chi connectivity index (χ2v) is 7.21. The van der Waals surface area contributed by atoms with Crippen molar-refractivity contribution in [2.45, 2.75) is 6.61 Å².